The summed E-state index contributed by atoms with van der Waals surface area (Å²) in [6, 6.07) is 9.33. The minimum absolute atomic E-state index is 0.102. The van der Waals surface area contributed by atoms with Gasteiger partial charge < -0.3 is 10.2 Å². The maximum atomic E-state index is 12.0. The first-order chi connectivity index (χ1) is 10.7. The highest BCUT2D eigenvalue weighted by atomic mass is 16.2. The largest absolute Gasteiger partial charge is 0.385 e. The summed E-state index contributed by atoms with van der Waals surface area (Å²) in [5.41, 5.74) is 1.62. The van der Waals surface area contributed by atoms with Crippen molar-refractivity contribution in [1.29, 1.82) is 5.26 Å². The van der Waals surface area contributed by atoms with Gasteiger partial charge in [-0.3, -0.25) is 4.79 Å². The lowest BCUT2D eigenvalue weighted by molar-refractivity contribution is -0.131. The second kappa shape index (κ2) is 8.05. The smallest absolute Gasteiger partial charge is 0.223 e. The zero-order valence-electron chi connectivity index (χ0n) is 12.6. The fraction of sp³-hybridized carbons (Fsp3) is 0.471. The Balaban J connectivity index is 1.64. The van der Waals surface area contributed by atoms with Gasteiger partial charge in [0, 0.05) is 25.2 Å². The summed E-state index contributed by atoms with van der Waals surface area (Å²) < 4.78 is 0. The molecule has 0 radical (unpaired) electrons. The lowest BCUT2D eigenvalue weighted by atomic mass is 10.2. The summed E-state index contributed by atoms with van der Waals surface area (Å²) in [7, 11) is 0. The number of unbranched alkanes of at least 4 members (excludes halogenated alkanes) is 1. The number of carbonyl (C=O) groups excluding carboxylic acids is 1. The van der Waals surface area contributed by atoms with Gasteiger partial charge in [-0.05, 0) is 37.8 Å². The van der Waals surface area contributed by atoms with Crippen LogP contribution in [-0.2, 0) is 4.79 Å². The molecule has 1 saturated heterocycles. The lowest BCUT2D eigenvalue weighted by Crippen LogP contribution is -2.34. The molecule has 1 heterocycles. The summed E-state index contributed by atoms with van der Waals surface area (Å²) in [6.07, 6.45) is 3.98. The van der Waals surface area contributed by atoms with Crippen LogP contribution in [0.3, 0.4) is 0 Å². The van der Waals surface area contributed by atoms with E-state index in [4.69, 9.17) is 11.8 Å². The number of hydrogen-bond acceptors (Lipinski definition) is 3. The van der Waals surface area contributed by atoms with E-state index in [0.29, 0.717) is 12.1 Å². The van der Waals surface area contributed by atoms with E-state index >= 15 is 0 Å². The van der Waals surface area contributed by atoms with Gasteiger partial charge >= 0.3 is 0 Å². The van der Waals surface area contributed by atoms with E-state index < -0.39 is 0 Å². The van der Waals surface area contributed by atoms with Gasteiger partial charge in [0.15, 0.2) is 5.69 Å². The average Bonchev–Trinajstić information content (AvgIpc) is 3.03. The zero-order chi connectivity index (χ0) is 15.8. The monoisotopic (exact) mass is 296 g/mol. The van der Waals surface area contributed by atoms with Gasteiger partial charge in [0.2, 0.25) is 5.91 Å². The summed E-state index contributed by atoms with van der Waals surface area (Å²) in [5.74, 6) is 0.102. The Morgan fingerprint density at radius 1 is 1.41 bits per heavy atom. The van der Waals surface area contributed by atoms with Gasteiger partial charge in [-0.2, -0.15) is 5.26 Å². The SMILES string of the molecule is [C-]#[N+]c1ccc(NCCCCC(=O)N2CCC[C@H]2C#N)cc1. The summed E-state index contributed by atoms with van der Waals surface area (Å²) >= 11 is 0. The van der Waals surface area contributed by atoms with Crippen molar-refractivity contribution in [3.63, 3.8) is 0 Å². The normalized spacial score (nSPS) is 16.8. The maximum Gasteiger partial charge on any atom is 0.223 e. The highest BCUT2D eigenvalue weighted by Gasteiger charge is 2.27. The topological polar surface area (TPSA) is 60.5 Å². The van der Waals surface area contributed by atoms with Gasteiger partial charge in [-0.25, -0.2) is 4.85 Å². The molecular formula is C17H20N4O. The van der Waals surface area contributed by atoms with Gasteiger partial charge in [-0.1, -0.05) is 12.1 Å². The fourth-order valence-electron chi connectivity index (χ4n) is 2.63. The third kappa shape index (κ3) is 4.23. The standard InChI is InChI=1S/C17H20N4O/c1-19-14-7-9-15(10-8-14)20-11-3-2-6-17(22)21-12-4-5-16(21)13-18/h7-10,16,20H,2-6,11-12H2/t16-/m0/s1. The minimum atomic E-state index is -0.216. The molecule has 1 atom stereocenters. The van der Waals surface area contributed by atoms with E-state index in [1.807, 2.05) is 12.1 Å². The molecule has 22 heavy (non-hydrogen) atoms. The number of nitrogens with zero attached hydrogens (tertiary/aromatic N) is 3. The van der Waals surface area contributed by atoms with E-state index in [1.54, 1.807) is 17.0 Å². The number of nitriles is 1. The highest BCUT2D eigenvalue weighted by Crippen LogP contribution is 2.18. The van der Waals surface area contributed by atoms with Crippen LogP contribution in [0.4, 0.5) is 11.4 Å². The number of likely N-dealkylation sites (tertiary alicyclic amines) is 1. The van der Waals surface area contributed by atoms with Crippen LogP contribution in [0, 0.1) is 17.9 Å². The van der Waals surface area contributed by atoms with Crippen molar-refractivity contribution in [2.24, 2.45) is 0 Å². The number of anilines is 1. The van der Waals surface area contributed by atoms with Gasteiger partial charge in [0.05, 0.1) is 12.6 Å². The van der Waals surface area contributed by atoms with Crippen molar-refractivity contribution in [3.8, 4) is 6.07 Å². The van der Waals surface area contributed by atoms with Crippen LogP contribution in [0.5, 0.6) is 0 Å². The first-order valence-corrected chi connectivity index (χ1v) is 7.65. The molecule has 1 aromatic rings. The van der Waals surface area contributed by atoms with Crippen LogP contribution >= 0.6 is 0 Å². The Morgan fingerprint density at radius 2 is 2.18 bits per heavy atom. The molecule has 5 nitrogen and oxygen atoms in total. The molecule has 0 saturated carbocycles. The maximum absolute atomic E-state index is 12.0. The molecule has 114 valence electrons. The van der Waals surface area contributed by atoms with Crippen LogP contribution < -0.4 is 5.32 Å². The van der Waals surface area contributed by atoms with Crippen LogP contribution in [0.2, 0.25) is 0 Å². The van der Waals surface area contributed by atoms with Gasteiger partial charge in [0.1, 0.15) is 6.04 Å². The van der Waals surface area contributed by atoms with Crippen molar-refractivity contribution in [1.82, 2.24) is 4.90 Å². The number of rotatable bonds is 6. The second-order valence-electron chi connectivity index (χ2n) is 5.42. The van der Waals surface area contributed by atoms with Gasteiger partial charge in [-0.15, -0.1) is 0 Å². The molecule has 0 bridgehead atoms. The van der Waals surface area contributed by atoms with Crippen molar-refractivity contribution in [2.75, 3.05) is 18.4 Å². The first kappa shape index (κ1) is 15.9. The van der Waals surface area contributed by atoms with Crippen molar-refractivity contribution in [3.05, 3.63) is 35.7 Å². The average molecular weight is 296 g/mol. The Morgan fingerprint density at radius 3 is 2.86 bits per heavy atom. The summed E-state index contributed by atoms with van der Waals surface area (Å²) in [5, 5.41) is 12.3. The van der Waals surface area contributed by atoms with E-state index in [0.717, 1.165) is 44.5 Å². The zero-order valence-corrected chi connectivity index (χ0v) is 12.6. The Labute approximate surface area is 131 Å². The molecule has 0 aromatic heterocycles. The molecule has 1 aliphatic heterocycles. The molecule has 1 amide bonds. The second-order valence-corrected chi connectivity index (χ2v) is 5.42. The third-order valence-electron chi connectivity index (χ3n) is 3.87. The predicted octanol–water partition coefficient (Wildman–Crippen LogP) is 3.33. The summed E-state index contributed by atoms with van der Waals surface area (Å²) in [6.45, 7) is 8.42. The third-order valence-corrected chi connectivity index (χ3v) is 3.87. The van der Waals surface area contributed by atoms with Crippen LogP contribution in [0.1, 0.15) is 32.1 Å². The van der Waals surface area contributed by atoms with Gasteiger partial charge in [0.25, 0.3) is 0 Å². The molecule has 1 N–H and O–H groups in total. The van der Waals surface area contributed by atoms with E-state index in [1.165, 1.54) is 0 Å². The predicted molar refractivity (Wildman–Crippen MR) is 85.4 cm³/mol. The number of carbonyl (C=O) groups is 1. The molecule has 1 fully saturated rings. The van der Waals surface area contributed by atoms with Crippen LogP contribution in [0.25, 0.3) is 4.85 Å². The summed E-state index contributed by atoms with van der Waals surface area (Å²) in [4.78, 5) is 17.1. The van der Waals surface area contributed by atoms with Crippen LogP contribution in [0.15, 0.2) is 24.3 Å². The molecule has 0 aliphatic carbocycles. The molecular weight excluding hydrogens is 276 g/mol. The number of benzene rings is 1. The Hall–Kier alpha value is -2.53. The Bertz CT molecular complexity index is 582. The highest BCUT2D eigenvalue weighted by molar-refractivity contribution is 5.77. The fourth-order valence-corrected chi connectivity index (χ4v) is 2.63. The van der Waals surface area contributed by atoms with E-state index in [-0.39, 0.29) is 11.9 Å². The number of amides is 1. The first-order valence-electron chi connectivity index (χ1n) is 7.65. The minimum Gasteiger partial charge on any atom is -0.385 e. The number of nitrogens with one attached hydrogen (secondary N) is 1. The molecule has 1 aliphatic rings. The number of hydrogen-bond donors (Lipinski definition) is 1. The van der Waals surface area contributed by atoms with Crippen molar-refractivity contribution < 1.29 is 4.79 Å². The lowest BCUT2D eigenvalue weighted by Gasteiger charge is -2.19. The van der Waals surface area contributed by atoms with Crippen LogP contribution in [-0.4, -0.2) is 29.9 Å². The van der Waals surface area contributed by atoms with Crippen molar-refractivity contribution >= 4 is 17.3 Å². The molecule has 2 rings (SSSR count). The quantitative estimate of drug-likeness (QED) is 0.647. The molecule has 5 heteroatoms. The molecule has 1 aromatic carbocycles. The van der Waals surface area contributed by atoms with Crippen molar-refractivity contribution in [2.45, 2.75) is 38.1 Å². The van der Waals surface area contributed by atoms with E-state index in [2.05, 4.69) is 16.2 Å². The van der Waals surface area contributed by atoms with E-state index in [9.17, 15) is 4.79 Å². The molecule has 0 unspecified atom stereocenters. The Kier molecular flexibility index (Phi) is 5.80. The molecule has 0 spiro atoms.